The number of hydrogen-bond acceptors (Lipinski definition) is 7. The van der Waals surface area contributed by atoms with Gasteiger partial charge in [-0.15, -0.1) is 0 Å². The third kappa shape index (κ3) is 8.18. The molecule has 0 bridgehead atoms. The summed E-state index contributed by atoms with van der Waals surface area (Å²) in [5, 5.41) is 19.8. The van der Waals surface area contributed by atoms with E-state index in [9.17, 15) is 14.4 Å². The number of carbonyl (C=O) groups is 3. The fraction of sp³-hybridized carbons (Fsp3) is 0.647. The Bertz CT molecular complexity index is 579. The van der Waals surface area contributed by atoms with Crippen molar-refractivity contribution in [2.75, 3.05) is 26.7 Å². The van der Waals surface area contributed by atoms with Crippen molar-refractivity contribution in [3.05, 3.63) is 12.2 Å². The third-order valence-electron chi connectivity index (χ3n) is 4.23. The Balaban J connectivity index is 0.000000387. The Morgan fingerprint density at radius 1 is 1.30 bits per heavy atom. The lowest BCUT2D eigenvalue weighted by atomic mass is 9.88. The van der Waals surface area contributed by atoms with E-state index in [1.165, 1.54) is 0 Å². The van der Waals surface area contributed by atoms with Gasteiger partial charge in [-0.3, -0.25) is 0 Å². The van der Waals surface area contributed by atoms with Gasteiger partial charge in [-0.1, -0.05) is 0 Å². The fourth-order valence-corrected chi connectivity index (χ4v) is 2.83. The summed E-state index contributed by atoms with van der Waals surface area (Å²) < 4.78 is 10.9. The number of hydrogen-bond donors (Lipinski definition) is 3. The Morgan fingerprint density at radius 2 is 1.85 bits per heavy atom. The number of carboxylic acids is 2. The lowest BCUT2D eigenvalue weighted by Gasteiger charge is -2.36. The van der Waals surface area contributed by atoms with Crippen LogP contribution in [0.2, 0.25) is 0 Å². The maximum absolute atomic E-state index is 11.2. The highest BCUT2D eigenvalue weighted by atomic mass is 16.6. The van der Waals surface area contributed by atoms with Gasteiger partial charge in [0, 0.05) is 31.7 Å². The lowest BCUT2D eigenvalue weighted by molar-refractivity contribution is -0.134. The Kier molecular flexibility index (Phi) is 8.89. The van der Waals surface area contributed by atoms with Crippen LogP contribution in [0, 0.1) is 0 Å². The predicted octanol–water partition coefficient (Wildman–Crippen LogP) is 1.07. The average Bonchev–Trinajstić information content (AvgIpc) is 2.91. The number of aliphatic carboxylic acids is 2. The molecule has 0 saturated carbocycles. The van der Waals surface area contributed by atoms with Gasteiger partial charge in [-0.25, -0.2) is 19.8 Å². The molecule has 0 aromatic heterocycles. The molecule has 2 aliphatic heterocycles. The molecule has 3 N–H and O–H groups in total. The second-order valence-corrected chi connectivity index (χ2v) is 6.37. The molecule has 0 aliphatic carbocycles. The summed E-state index contributed by atoms with van der Waals surface area (Å²) in [5.41, 5.74) is 3.24. The van der Waals surface area contributed by atoms with E-state index in [2.05, 4.69) is 22.5 Å². The van der Waals surface area contributed by atoms with Gasteiger partial charge in [0.25, 0.3) is 0 Å². The van der Waals surface area contributed by atoms with Gasteiger partial charge >= 0.3 is 18.0 Å². The first-order chi connectivity index (χ1) is 12.7. The Morgan fingerprint density at radius 3 is 2.33 bits per heavy atom. The van der Waals surface area contributed by atoms with E-state index in [1.54, 1.807) is 6.92 Å². The van der Waals surface area contributed by atoms with Gasteiger partial charge < -0.3 is 24.6 Å². The van der Waals surface area contributed by atoms with Gasteiger partial charge in [0.2, 0.25) is 0 Å². The number of amides is 1. The second kappa shape index (κ2) is 10.6. The van der Waals surface area contributed by atoms with Gasteiger partial charge in [-0.2, -0.15) is 5.10 Å². The van der Waals surface area contributed by atoms with Crippen molar-refractivity contribution in [3.8, 4) is 0 Å². The molecular weight excluding hydrogens is 358 g/mol. The van der Waals surface area contributed by atoms with Gasteiger partial charge in [0.1, 0.15) is 0 Å². The van der Waals surface area contributed by atoms with Gasteiger partial charge in [0.05, 0.1) is 24.0 Å². The zero-order valence-corrected chi connectivity index (χ0v) is 15.8. The molecule has 2 aliphatic rings. The fourth-order valence-electron chi connectivity index (χ4n) is 2.83. The molecule has 0 aromatic rings. The number of piperidine rings is 1. The smallest absolute Gasteiger partial charge is 0.427 e. The summed E-state index contributed by atoms with van der Waals surface area (Å²) in [7, 11) is 2.13. The minimum Gasteiger partial charge on any atom is -0.478 e. The van der Waals surface area contributed by atoms with Crippen LogP contribution >= 0.6 is 0 Å². The van der Waals surface area contributed by atoms with Crippen LogP contribution in [0.25, 0.3) is 0 Å². The molecule has 2 saturated heterocycles. The van der Waals surface area contributed by atoms with Gasteiger partial charge in [-0.05, 0) is 33.7 Å². The highest BCUT2D eigenvalue weighted by Gasteiger charge is 2.44. The van der Waals surface area contributed by atoms with E-state index in [0.717, 1.165) is 38.1 Å². The highest BCUT2D eigenvalue weighted by Crippen LogP contribution is 2.37. The van der Waals surface area contributed by atoms with Crippen molar-refractivity contribution in [2.24, 2.45) is 5.10 Å². The van der Waals surface area contributed by atoms with Crippen molar-refractivity contribution in [1.82, 2.24) is 10.3 Å². The van der Waals surface area contributed by atoms with Crippen molar-refractivity contribution in [1.29, 1.82) is 0 Å². The largest absolute Gasteiger partial charge is 0.478 e. The maximum Gasteiger partial charge on any atom is 0.427 e. The molecule has 1 unspecified atom stereocenters. The lowest BCUT2D eigenvalue weighted by Crippen LogP contribution is -2.42. The van der Waals surface area contributed by atoms with Crippen molar-refractivity contribution < 1.29 is 34.1 Å². The minimum absolute atomic E-state index is 0.0367. The van der Waals surface area contributed by atoms with Crippen LogP contribution in [0.15, 0.2) is 17.3 Å². The SMILES string of the molecule is CCOC(=O)NN=C1CC2(CCN(C)CC2)OC1C.O=C(O)/C=C/C(=O)O. The zero-order chi connectivity index (χ0) is 20.4. The molecule has 2 fully saturated rings. The molecule has 0 radical (unpaired) electrons. The van der Waals surface area contributed by atoms with Gasteiger partial charge in [0.15, 0.2) is 0 Å². The van der Waals surface area contributed by atoms with E-state index in [4.69, 9.17) is 19.7 Å². The monoisotopic (exact) mass is 385 g/mol. The molecule has 0 aromatic carbocycles. The van der Waals surface area contributed by atoms with E-state index in [0.29, 0.717) is 18.8 Å². The first-order valence-electron chi connectivity index (χ1n) is 8.67. The number of ether oxygens (including phenoxy) is 2. The van der Waals surface area contributed by atoms with Crippen LogP contribution in [0.4, 0.5) is 4.79 Å². The first kappa shape index (κ1) is 22.6. The Labute approximate surface area is 157 Å². The molecule has 152 valence electrons. The molecular formula is C17H27N3O7. The highest BCUT2D eigenvalue weighted by molar-refractivity contribution is 5.91. The van der Waals surface area contributed by atoms with Crippen molar-refractivity contribution in [3.63, 3.8) is 0 Å². The maximum atomic E-state index is 11.2. The molecule has 1 amide bonds. The summed E-state index contributed by atoms with van der Waals surface area (Å²) in [5.74, 6) is -2.51. The number of hydrazone groups is 1. The quantitative estimate of drug-likeness (QED) is 0.483. The van der Waals surface area contributed by atoms with Crippen molar-refractivity contribution >= 4 is 23.7 Å². The zero-order valence-electron chi connectivity index (χ0n) is 15.8. The number of likely N-dealkylation sites (tertiary alicyclic amines) is 1. The van der Waals surface area contributed by atoms with Crippen LogP contribution < -0.4 is 5.43 Å². The van der Waals surface area contributed by atoms with E-state index in [-0.39, 0.29) is 11.7 Å². The molecule has 27 heavy (non-hydrogen) atoms. The topological polar surface area (TPSA) is 138 Å². The predicted molar refractivity (Wildman–Crippen MR) is 96.6 cm³/mol. The molecule has 10 heteroatoms. The summed E-state index contributed by atoms with van der Waals surface area (Å²) in [6.07, 6.45) is 3.41. The Hall–Kier alpha value is -2.46. The third-order valence-corrected chi connectivity index (χ3v) is 4.23. The van der Waals surface area contributed by atoms with E-state index in [1.807, 2.05) is 6.92 Å². The summed E-state index contributed by atoms with van der Waals surface area (Å²) in [6, 6.07) is 0. The van der Waals surface area contributed by atoms with Crippen LogP contribution in [-0.2, 0) is 19.1 Å². The van der Waals surface area contributed by atoms with Crippen LogP contribution in [-0.4, -0.2) is 77.3 Å². The number of carboxylic acid groups (broad SMARTS) is 2. The number of nitrogens with zero attached hydrogens (tertiary/aromatic N) is 2. The number of rotatable bonds is 4. The number of nitrogens with one attached hydrogen (secondary N) is 1. The van der Waals surface area contributed by atoms with E-state index >= 15 is 0 Å². The summed E-state index contributed by atoms with van der Waals surface area (Å²) in [4.78, 5) is 32.6. The summed E-state index contributed by atoms with van der Waals surface area (Å²) >= 11 is 0. The first-order valence-corrected chi connectivity index (χ1v) is 8.67. The molecule has 1 atom stereocenters. The van der Waals surface area contributed by atoms with Crippen molar-refractivity contribution in [2.45, 2.75) is 44.8 Å². The summed E-state index contributed by atoms with van der Waals surface area (Å²) in [6.45, 7) is 6.19. The molecule has 1 spiro atoms. The van der Waals surface area contributed by atoms with E-state index < -0.39 is 18.0 Å². The van der Waals surface area contributed by atoms with Crippen LogP contribution in [0.3, 0.4) is 0 Å². The second-order valence-electron chi connectivity index (χ2n) is 6.37. The molecule has 10 nitrogen and oxygen atoms in total. The van der Waals surface area contributed by atoms with Crippen LogP contribution in [0.5, 0.6) is 0 Å². The van der Waals surface area contributed by atoms with Crippen LogP contribution in [0.1, 0.15) is 33.1 Å². The molecule has 2 heterocycles. The standard InChI is InChI=1S/C13H23N3O3.C4H4O4/c1-4-18-12(17)15-14-11-9-13(19-10(11)2)5-7-16(3)8-6-13;5-3(6)1-2-4(7)8/h10H,4-9H2,1-3H3,(H,15,17);1-2H,(H,5,6)(H,7,8)/b;2-1+. The minimum atomic E-state index is -1.26. The molecule has 2 rings (SSSR count). The number of carbonyl (C=O) groups excluding carboxylic acids is 1. The normalized spacial score (nSPS) is 23.1. The average molecular weight is 385 g/mol.